The van der Waals surface area contributed by atoms with Crippen molar-refractivity contribution in [1.29, 1.82) is 0 Å². The second-order valence-corrected chi connectivity index (χ2v) is 6.43. The van der Waals surface area contributed by atoms with Crippen molar-refractivity contribution in [1.82, 2.24) is 10.3 Å². The van der Waals surface area contributed by atoms with Crippen molar-refractivity contribution < 1.29 is 9.53 Å². The monoisotopic (exact) mass is 296 g/mol. The number of carbonyl (C=O) groups excluding carboxylic acids is 1. The van der Waals surface area contributed by atoms with Gasteiger partial charge in [-0.1, -0.05) is 11.3 Å². The van der Waals surface area contributed by atoms with Gasteiger partial charge in [0.25, 0.3) is 5.91 Å². The number of ether oxygens (including phenoxy) is 1. The first-order chi connectivity index (χ1) is 9.72. The van der Waals surface area contributed by atoms with E-state index in [9.17, 15) is 4.79 Å². The van der Waals surface area contributed by atoms with E-state index >= 15 is 0 Å². The molecule has 0 radical (unpaired) electrons. The van der Waals surface area contributed by atoms with Crippen molar-refractivity contribution in [3.63, 3.8) is 0 Å². The number of nitrogens with zero attached hydrogens (tertiary/aromatic N) is 1. The number of nitrogen functional groups attached to an aromatic ring is 1. The van der Waals surface area contributed by atoms with E-state index in [1.165, 1.54) is 24.2 Å². The Morgan fingerprint density at radius 3 is 3.00 bits per heavy atom. The lowest BCUT2D eigenvalue weighted by Crippen LogP contribution is -2.26. The number of aromatic nitrogens is 1. The van der Waals surface area contributed by atoms with Gasteiger partial charge in [-0.05, 0) is 31.6 Å². The Morgan fingerprint density at radius 2 is 2.30 bits per heavy atom. The van der Waals surface area contributed by atoms with E-state index in [0.717, 1.165) is 31.2 Å². The normalized spacial score (nSPS) is 21.9. The Hall–Kier alpha value is -1.34. The van der Waals surface area contributed by atoms with Gasteiger partial charge in [-0.2, -0.15) is 0 Å². The summed E-state index contributed by atoms with van der Waals surface area (Å²) in [6, 6.07) is 0.513. The average Bonchev–Trinajstić information content (AvgIpc) is 2.94. The molecular weight excluding hydrogens is 276 g/mol. The van der Waals surface area contributed by atoms with Gasteiger partial charge in [0, 0.05) is 25.8 Å². The fourth-order valence-electron chi connectivity index (χ4n) is 2.24. The molecular formula is C13H20N4O2S. The molecule has 3 rings (SSSR count). The van der Waals surface area contributed by atoms with Crippen molar-refractivity contribution >= 4 is 28.2 Å². The lowest BCUT2D eigenvalue weighted by molar-refractivity contribution is 0.0955. The maximum Gasteiger partial charge on any atom is 0.265 e. The van der Waals surface area contributed by atoms with Crippen LogP contribution in [-0.2, 0) is 4.74 Å². The molecule has 2 heterocycles. The Labute approximate surface area is 122 Å². The van der Waals surface area contributed by atoms with E-state index in [4.69, 9.17) is 10.5 Å². The van der Waals surface area contributed by atoms with Crippen LogP contribution >= 0.6 is 11.3 Å². The van der Waals surface area contributed by atoms with Crippen LogP contribution in [0.25, 0.3) is 0 Å². The van der Waals surface area contributed by atoms with Gasteiger partial charge in [-0.3, -0.25) is 4.79 Å². The minimum atomic E-state index is -0.122. The maximum atomic E-state index is 12.1. The highest BCUT2D eigenvalue weighted by Gasteiger charge is 2.24. The number of anilines is 2. The summed E-state index contributed by atoms with van der Waals surface area (Å²) < 4.78 is 5.32. The highest BCUT2D eigenvalue weighted by Crippen LogP contribution is 2.30. The summed E-state index contributed by atoms with van der Waals surface area (Å²) in [6.07, 6.45) is 4.39. The number of carbonyl (C=O) groups is 1. The largest absolute Gasteiger partial charge is 0.382 e. The Morgan fingerprint density at radius 1 is 1.45 bits per heavy atom. The second kappa shape index (κ2) is 5.97. The van der Waals surface area contributed by atoms with Crippen LogP contribution in [-0.4, -0.2) is 36.7 Å². The van der Waals surface area contributed by atoms with E-state index in [1.54, 1.807) is 0 Å². The SMILES string of the molecule is Nc1nc(NC2CC2)sc1C(=O)NCCC1CCOC1. The lowest BCUT2D eigenvalue weighted by Gasteiger charge is -2.07. The van der Waals surface area contributed by atoms with E-state index in [2.05, 4.69) is 15.6 Å². The smallest absolute Gasteiger partial charge is 0.265 e. The number of hydrogen-bond acceptors (Lipinski definition) is 6. The Kier molecular flexibility index (Phi) is 4.07. The summed E-state index contributed by atoms with van der Waals surface area (Å²) in [4.78, 5) is 16.8. The molecule has 2 fully saturated rings. The van der Waals surface area contributed by atoms with Gasteiger partial charge in [0.15, 0.2) is 5.13 Å². The van der Waals surface area contributed by atoms with Crippen LogP contribution in [0.3, 0.4) is 0 Å². The third-order valence-electron chi connectivity index (χ3n) is 3.63. The molecule has 4 N–H and O–H groups in total. The van der Waals surface area contributed by atoms with Gasteiger partial charge in [0.05, 0.1) is 0 Å². The topological polar surface area (TPSA) is 89.3 Å². The van der Waals surface area contributed by atoms with Crippen LogP contribution in [0, 0.1) is 5.92 Å². The molecule has 1 aliphatic carbocycles. The van der Waals surface area contributed by atoms with Gasteiger partial charge in [0.1, 0.15) is 10.7 Å². The number of hydrogen-bond donors (Lipinski definition) is 3. The number of nitrogens with two attached hydrogens (primary N) is 1. The molecule has 1 aliphatic heterocycles. The van der Waals surface area contributed by atoms with Gasteiger partial charge in [-0.15, -0.1) is 0 Å². The molecule has 1 saturated carbocycles. The first-order valence-corrected chi connectivity index (χ1v) is 7.93. The van der Waals surface area contributed by atoms with Gasteiger partial charge >= 0.3 is 0 Å². The molecule has 2 aliphatic rings. The zero-order valence-corrected chi connectivity index (χ0v) is 12.2. The minimum absolute atomic E-state index is 0.122. The zero-order valence-electron chi connectivity index (χ0n) is 11.4. The quantitative estimate of drug-likeness (QED) is 0.739. The van der Waals surface area contributed by atoms with Gasteiger partial charge < -0.3 is 21.1 Å². The third-order valence-corrected chi connectivity index (χ3v) is 4.63. The summed E-state index contributed by atoms with van der Waals surface area (Å²) in [5.41, 5.74) is 5.81. The number of rotatable bonds is 6. The highest BCUT2D eigenvalue weighted by atomic mass is 32.1. The van der Waals surface area contributed by atoms with E-state index < -0.39 is 0 Å². The molecule has 1 atom stereocenters. The Bertz CT molecular complexity index is 481. The molecule has 20 heavy (non-hydrogen) atoms. The highest BCUT2D eigenvalue weighted by molar-refractivity contribution is 7.18. The van der Waals surface area contributed by atoms with Crippen LogP contribution in [0.15, 0.2) is 0 Å². The van der Waals surface area contributed by atoms with Crippen LogP contribution in [0.2, 0.25) is 0 Å². The molecule has 0 spiro atoms. The van der Waals surface area contributed by atoms with E-state index in [0.29, 0.717) is 29.2 Å². The average molecular weight is 296 g/mol. The Balaban J connectivity index is 1.49. The lowest BCUT2D eigenvalue weighted by atomic mass is 10.1. The van der Waals surface area contributed by atoms with Gasteiger partial charge in [0.2, 0.25) is 0 Å². The summed E-state index contributed by atoms with van der Waals surface area (Å²) in [6.45, 7) is 2.32. The van der Waals surface area contributed by atoms with E-state index in [1.807, 2.05) is 0 Å². The molecule has 1 saturated heterocycles. The molecule has 7 heteroatoms. The predicted molar refractivity (Wildman–Crippen MR) is 79.0 cm³/mol. The van der Waals surface area contributed by atoms with E-state index in [-0.39, 0.29) is 5.91 Å². The molecule has 1 amide bonds. The first kappa shape index (κ1) is 13.6. The van der Waals surface area contributed by atoms with Crippen LogP contribution in [0.4, 0.5) is 10.9 Å². The van der Waals surface area contributed by atoms with Crippen LogP contribution in [0.5, 0.6) is 0 Å². The third kappa shape index (κ3) is 3.40. The second-order valence-electron chi connectivity index (χ2n) is 5.43. The van der Waals surface area contributed by atoms with Crippen molar-refractivity contribution in [3.8, 4) is 0 Å². The molecule has 1 aromatic rings. The number of nitrogens with one attached hydrogen (secondary N) is 2. The number of amides is 1. The van der Waals surface area contributed by atoms with Crippen molar-refractivity contribution in [2.45, 2.75) is 31.7 Å². The molecule has 1 unspecified atom stereocenters. The summed E-state index contributed by atoms with van der Waals surface area (Å²) in [5.74, 6) is 0.767. The maximum absolute atomic E-state index is 12.1. The fourth-order valence-corrected chi connectivity index (χ4v) is 3.12. The molecule has 0 bridgehead atoms. The zero-order chi connectivity index (χ0) is 13.9. The predicted octanol–water partition coefficient (Wildman–Crippen LogP) is 1.46. The summed E-state index contributed by atoms with van der Waals surface area (Å²) >= 11 is 1.33. The van der Waals surface area contributed by atoms with Crippen molar-refractivity contribution in [2.75, 3.05) is 30.8 Å². The fraction of sp³-hybridized carbons (Fsp3) is 0.692. The van der Waals surface area contributed by atoms with Crippen LogP contribution in [0.1, 0.15) is 35.4 Å². The first-order valence-electron chi connectivity index (χ1n) is 7.11. The molecule has 6 nitrogen and oxygen atoms in total. The van der Waals surface area contributed by atoms with Gasteiger partial charge in [-0.25, -0.2) is 4.98 Å². The molecule has 110 valence electrons. The standard InChI is InChI=1S/C13H20N4O2S/c14-11-10(20-13(17-11)16-9-1-2-9)12(18)15-5-3-8-4-6-19-7-8/h8-9H,1-7,14H2,(H,15,18)(H,16,17). The molecule has 1 aromatic heterocycles. The molecule has 0 aromatic carbocycles. The van der Waals surface area contributed by atoms with Crippen molar-refractivity contribution in [3.05, 3.63) is 4.88 Å². The van der Waals surface area contributed by atoms with Crippen LogP contribution < -0.4 is 16.4 Å². The summed E-state index contributed by atoms with van der Waals surface area (Å²) in [7, 11) is 0. The number of thiazole rings is 1. The summed E-state index contributed by atoms with van der Waals surface area (Å²) in [5, 5.41) is 6.93. The minimum Gasteiger partial charge on any atom is -0.382 e. The van der Waals surface area contributed by atoms with Crippen molar-refractivity contribution in [2.24, 2.45) is 5.92 Å².